The number of hydrogen-bond acceptors (Lipinski definition) is 4. The molecule has 2 aliphatic rings. The zero-order chi connectivity index (χ0) is 22.2. The van der Waals surface area contributed by atoms with Crippen molar-refractivity contribution < 1.29 is 13.2 Å². The highest BCUT2D eigenvalue weighted by Gasteiger charge is 2.31. The molecule has 1 atom stereocenters. The fraction of sp³-hybridized carbons (Fsp3) is 0.435. The number of anilines is 1. The van der Waals surface area contributed by atoms with Gasteiger partial charge in [0.25, 0.3) is 0 Å². The van der Waals surface area contributed by atoms with Crippen LogP contribution in [0.4, 0.5) is 5.69 Å². The number of benzene rings is 2. The summed E-state index contributed by atoms with van der Waals surface area (Å²) in [5, 5.41) is 0.729. The summed E-state index contributed by atoms with van der Waals surface area (Å²) in [6.45, 7) is 6.03. The smallest absolute Gasteiger partial charge is 0.240 e. The van der Waals surface area contributed by atoms with Gasteiger partial charge in [0.1, 0.15) is 0 Å². The van der Waals surface area contributed by atoms with Crippen LogP contribution in [0.3, 0.4) is 0 Å². The number of rotatable bonds is 5. The van der Waals surface area contributed by atoms with Gasteiger partial charge in [-0.25, -0.2) is 13.1 Å². The van der Waals surface area contributed by atoms with Crippen LogP contribution in [0, 0.1) is 0 Å². The molecule has 0 saturated carbocycles. The topological polar surface area (TPSA) is 69.7 Å². The Kier molecular flexibility index (Phi) is 6.40. The van der Waals surface area contributed by atoms with Crippen molar-refractivity contribution >= 4 is 33.2 Å². The van der Waals surface area contributed by atoms with Crippen molar-refractivity contribution in [2.24, 2.45) is 0 Å². The Balaban J connectivity index is 1.37. The number of nitrogens with one attached hydrogen (secondary N) is 1. The molecule has 31 heavy (non-hydrogen) atoms. The lowest BCUT2D eigenvalue weighted by molar-refractivity contribution is -0.116. The normalized spacial score (nSPS) is 20.1. The Morgan fingerprint density at radius 1 is 1.13 bits per heavy atom. The first-order chi connectivity index (χ1) is 14.7. The summed E-state index contributed by atoms with van der Waals surface area (Å²) in [5.41, 5.74) is 2.92. The lowest BCUT2D eigenvalue weighted by atomic mass is 10.1. The Morgan fingerprint density at radius 2 is 1.81 bits per heavy atom. The zero-order valence-electron chi connectivity index (χ0n) is 17.8. The summed E-state index contributed by atoms with van der Waals surface area (Å²) in [6.07, 6.45) is 2.21. The zero-order valence-corrected chi connectivity index (χ0v) is 19.4. The van der Waals surface area contributed by atoms with Crippen molar-refractivity contribution in [2.75, 3.05) is 18.0 Å². The molecular formula is C23H28ClN3O3S. The van der Waals surface area contributed by atoms with E-state index in [0.29, 0.717) is 6.42 Å². The average Bonchev–Trinajstić information content (AvgIpc) is 3.06. The summed E-state index contributed by atoms with van der Waals surface area (Å²) < 4.78 is 28.9. The van der Waals surface area contributed by atoms with Crippen molar-refractivity contribution in [3.8, 4) is 0 Å². The third-order valence-electron chi connectivity index (χ3n) is 6.14. The molecule has 2 aromatic rings. The van der Waals surface area contributed by atoms with Gasteiger partial charge in [-0.2, -0.15) is 0 Å². The molecule has 0 unspecified atom stereocenters. The van der Waals surface area contributed by atoms with Crippen LogP contribution < -0.4 is 9.62 Å². The minimum Gasteiger partial charge on any atom is -0.309 e. The number of nitrogens with zero attached hydrogens (tertiary/aromatic N) is 2. The van der Waals surface area contributed by atoms with E-state index in [0.717, 1.165) is 48.7 Å². The third kappa shape index (κ3) is 4.95. The van der Waals surface area contributed by atoms with Crippen molar-refractivity contribution in [1.29, 1.82) is 0 Å². The molecule has 0 radical (unpaired) electrons. The molecule has 4 rings (SSSR count). The molecule has 8 heteroatoms. The molecule has 2 aromatic carbocycles. The molecule has 0 aliphatic carbocycles. The molecule has 6 nitrogen and oxygen atoms in total. The standard InChI is InChI=1S/C23H28ClN3O3S/c1-16-13-19-14-22(7-8-23(19)27(16)17(2)28)31(29,30)25-21-9-11-26(12-10-21)15-18-3-5-20(24)6-4-18/h3-8,14,16,21,25H,9-13,15H2,1-2H3/t16-/m0/s1. The quantitative estimate of drug-likeness (QED) is 0.738. The van der Waals surface area contributed by atoms with E-state index in [4.69, 9.17) is 11.6 Å². The van der Waals surface area contributed by atoms with Gasteiger partial charge in [0, 0.05) is 49.4 Å². The number of fused-ring (bicyclic) bond motifs is 1. The van der Waals surface area contributed by atoms with Crippen LogP contribution in [0.15, 0.2) is 47.4 Å². The number of hydrogen-bond donors (Lipinski definition) is 1. The number of carbonyl (C=O) groups is 1. The Bertz CT molecular complexity index is 1060. The van der Waals surface area contributed by atoms with Gasteiger partial charge in [0.15, 0.2) is 0 Å². The predicted octanol–water partition coefficient (Wildman–Crippen LogP) is 3.58. The van der Waals surface area contributed by atoms with Crippen molar-refractivity contribution in [1.82, 2.24) is 9.62 Å². The van der Waals surface area contributed by atoms with Crippen molar-refractivity contribution in [3.63, 3.8) is 0 Å². The molecular weight excluding hydrogens is 434 g/mol. The van der Waals surface area contributed by atoms with Gasteiger partial charge in [0.05, 0.1) is 4.90 Å². The molecule has 1 saturated heterocycles. The van der Waals surface area contributed by atoms with E-state index < -0.39 is 10.0 Å². The van der Waals surface area contributed by atoms with Crippen molar-refractivity contribution in [2.45, 2.75) is 56.6 Å². The second-order valence-corrected chi connectivity index (χ2v) is 10.7. The fourth-order valence-electron chi connectivity index (χ4n) is 4.60. The lowest BCUT2D eigenvalue weighted by Crippen LogP contribution is -2.44. The first-order valence-corrected chi connectivity index (χ1v) is 12.5. The highest BCUT2D eigenvalue weighted by atomic mass is 35.5. The summed E-state index contributed by atoms with van der Waals surface area (Å²) in [7, 11) is -3.60. The number of sulfonamides is 1. The summed E-state index contributed by atoms with van der Waals surface area (Å²) in [4.78, 5) is 16.2. The minimum absolute atomic E-state index is 0.0228. The molecule has 2 heterocycles. The summed E-state index contributed by atoms with van der Waals surface area (Å²) in [5.74, 6) is -0.0228. The summed E-state index contributed by atoms with van der Waals surface area (Å²) in [6, 6.07) is 12.9. The van der Waals surface area contributed by atoms with Crippen LogP contribution in [-0.4, -0.2) is 44.4 Å². The Labute approximate surface area is 189 Å². The van der Waals surface area contributed by atoms with Crippen LogP contribution in [-0.2, 0) is 27.8 Å². The van der Waals surface area contributed by atoms with Gasteiger partial charge < -0.3 is 4.90 Å². The van der Waals surface area contributed by atoms with Gasteiger partial charge in [-0.3, -0.25) is 9.69 Å². The highest BCUT2D eigenvalue weighted by molar-refractivity contribution is 7.89. The first kappa shape index (κ1) is 22.3. The molecule has 0 aromatic heterocycles. The van der Waals surface area contributed by atoms with E-state index >= 15 is 0 Å². The molecule has 0 bridgehead atoms. The van der Waals surface area contributed by atoms with E-state index in [-0.39, 0.29) is 22.9 Å². The fourth-order valence-corrected chi connectivity index (χ4v) is 6.08. The van der Waals surface area contributed by atoms with Gasteiger partial charge in [-0.1, -0.05) is 23.7 Å². The largest absolute Gasteiger partial charge is 0.309 e. The van der Waals surface area contributed by atoms with Crippen LogP contribution >= 0.6 is 11.6 Å². The maximum atomic E-state index is 13.0. The number of halogens is 1. The van der Waals surface area contributed by atoms with Crippen LogP contribution in [0.2, 0.25) is 5.02 Å². The van der Waals surface area contributed by atoms with Gasteiger partial charge >= 0.3 is 0 Å². The molecule has 2 aliphatic heterocycles. The van der Waals surface area contributed by atoms with E-state index in [1.807, 2.05) is 31.2 Å². The maximum Gasteiger partial charge on any atom is 0.240 e. The number of amides is 1. The number of carbonyl (C=O) groups excluding carboxylic acids is 1. The second kappa shape index (κ2) is 8.90. The first-order valence-electron chi connectivity index (χ1n) is 10.6. The van der Waals surface area contributed by atoms with Crippen LogP contribution in [0.1, 0.15) is 37.8 Å². The second-order valence-electron chi connectivity index (χ2n) is 8.53. The minimum atomic E-state index is -3.60. The van der Waals surface area contributed by atoms with Crippen molar-refractivity contribution in [3.05, 3.63) is 58.6 Å². The molecule has 1 fully saturated rings. The van der Waals surface area contributed by atoms with Crippen LogP contribution in [0.5, 0.6) is 0 Å². The predicted molar refractivity (Wildman–Crippen MR) is 123 cm³/mol. The molecule has 0 spiro atoms. The Morgan fingerprint density at radius 3 is 2.45 bits per heavy atom. The Hall–Kier alpha value is -1.93. The van der Waals surface area contributed by atoms with E-state index in [1.54, 1.807) is 23.1 Å². The maximum absolute atomic E-state index is 13.0. The van der Waals surface area contributed by atoms with Gasteiger partial charge in [-0.05, 0) is 67.6 Å². The van der Waals surface area contributed by atoms with E-state index in [9.17, 15) is 13.2 Å². The van der Waals surface area contributed by atoms with Gasteiger partial charge in [-0.15, -0.1) is 0 Å². The monoisotopic (exact) mass is 461 g/mol. The van der Waals surface area contributed by atoms with Gasteiger partial charge in [0.2, 0.25) is 15.9 Å². The average molecular weight is 462 g/mol. The third-order valence-corrected chi connectivity index (χ3v) is 7.92. The molecule has 1 N–H and O–H groups in total. The lowest BCUT2D eigenvalue weighted by Gasteiger charge is -2.32. The number of likely N-dealkylation sites (tertiary alicyclic amines) is 1. The van der Waals surface area contributed by atoms with E-state index in [1.165, 1.54) is 12.5 Å². The summed E-state index contributed by atoms with van der Waals surface area (Å²) >= 11 is 5.95. The molecule has 166 valence electrons. The molecule has 1 amide bonds. The SMILES string of the molecule is CC(=O)N1c2ccc(S(=O)(=O)NC3CCN(Cc4ccc(Cl)cc4)CC3)cc2C[C@@H]1C. The van der Waals surface area contributed by atoms with Crippen LogP contribution in [0.25, 0.3) is 0 Å². The highest BCUT2D eigenvalue weighted by Crippen LogP contribution is 2.34. The van der Waals surface area contributed by atoms with E-state index in [2.05, 4.69) is 9.62 Å². The number of piperidine rings is 1.